The number of benzene rings is 1. The van der Waals surface area contributed by atoms with Crippen LogP contribution in [0.15, 0.2) is 46.6 Å². The molecule has 3 aromatic heterocycles. The molecule has 0 N–H and O–H groups in total. The number of hydrazone groups is 1. The second kappa shape index (κ2) is 5.63. The summed E-state index contributed by atoms with van der Waals surface area (Å²) in [5.74, 6) is 1.76. The quantitative estimate of drug-likeness (QED) is 0.496. The van der Waals surface area contributed by atoms with Gasteiger partial charge in [0.2, 0.25) is 11.7 Å². The highest BCUT2D eigenvalue weighted by atomic mass is 16.5. The highest BCUT2D eigenvalue weighted by Gasteiger charge is 2.55. The summed E-state index contributed by atoms with van der Waals surface area (Å²) >= 11 is 0. The van der Waals surface area contributed by atoms with Crippen LogP contribution in [0.2, 0.25) is 0 Å². The van der Waals surface area contributed by atoms with Crippen molar-refractivity contribution in [1.29, 1.82) is 0 Å². The lowest BCUT2D eigenvalue weighted by molar-refractivity contribution is -0.607. The first kappa shape index (κ1) is 16.2. The van der Waals surface area contributed by atoms with Crippen LogP contribution in [0.25, 0.3) is 27.9 Å². The zero-order valence-electron chi connectivity index (χ0n) is 16.2. The Bertz CT molecular complexity index is 1360. The molecule has 0 saturated heterocycles. The van der Waals surface area contributed by atoms with E-state index >= 15 is 0 Å². The van der Waals surface area contributed by atoms with E-state index in [2.05, 4.69) is 38.2 Å². The summed E-state index contributed by atoms with van der Waals surface area (Å²) in [6.07, 6.45) is 2.11. The Morgan fingerprint density at radius 1 is 1.17 bits per heavy atom. The van der Waals surface area contributed by atoms with Crippen LogP contribution >= 0.6 is 0 Å². The third-order valence-electron chi connectivity index (χ3n) is 5.44. The van der Waals surface area contributed by atoms with Crippen LogP contribution in [-0.4, -0.2) is 60.1 Å². The van der Waals surface area contributed by atoms with E-state index < -0.39 is 0 Å². The minimum Gasteiger partial charge on any atom is -0.471 e. The summed E-state index contributed by atoms with van der Waals surface area (Å²) in [6, 6.07) is 10.1. The Morgan fingerprint density at radius 2 is 2.00 bits per heavy atom. The van der Waals surface area contributed by atoms with Gasteiger partial charge in [0.25, 0.3) is 11.8 Å². The van der Waals surface area contributed by atoms with Gasteiger partial charge in [0.1, 0.15) is 12.4 Å². The maximum absolute atomic E-state index is 6.20. The van der Waals surface area contributed by atoms with Gasteiger partial charge in [0.15, 0.2) is 11.3 Å². The van der Waals surface area contributed by atoms with Crippen LogP contribution in [0.1, 0.15) is 12.7 Å². The van der Waals surface area contributed by atoms with Crippen molar-refractivity contribution in [3.63, 3.8) is 0 Å². The molecule has 0 fully saturated rings. The molecule has 9 nitrogen and oxygen atoms in total. The zero-order chi connectivity index (χ0) is 19.7. The van der Waals surface area contributed by atoms with Crippen molar-refractivity contribution in [1.82, 2.24) is 30.0 Å². The van der Waals surface area contributed by atoms with E-state index in [9.17, 15) is 0 Å². The number of rotatable bonds is 4. The molecule has 0 amide bonds. The topological polar surface area (TPSA) is 84.6 Å². The van der Waals surface area contributed by atoms with E-state index in [0.717, 1.165) is 10.8 Å². The Labute approximate surface area is 165 Å². The summed E-state index contributed by atoms with van der Waals surface area (Å²) in [5, 5.41) is 21.3. The van der Waals surface area contributed by atoms with Gasteiger partial charge >= 0.3 is 0 Å². The molecule has 1 atom stereocenters. The van der Waals surface area contributed by atoms with E-state index in [1.807, 2.05) is 44.3 Å². The molecule has 5 heterocycles. The van der Waals surface area contributed by atoms with Crippen molar-refractivity contribution in [2.24, 2.45) is 0 Å². The number of hydrazine groups is 1. The number of hydrogen-bond donors (Lipinski definition) is 0. The minimum absolute atomic E-state index is 0.346. The monoisotopic (exact) mass is 388 g/mol. The van der Waals surface area contributed by atoms with Gasteiger partial charge in [-0.2, -0.15) is 9.52 Å². The van der Waals surface area contributed by atoms with Gasteiger partial charge in [-0.25, -0.2) is 0 Å². The first-order valence-electron chi connectivity index (χ1n) is 9.38. The van der Waals surface area contributed by atoms with Gasteiger partial charge in [0, 0.05) is 23.8 Å². The molecule has 0 bridgehead atoms. The standard InChI is InChI=1S/C20H18N7O2/c1-11-8-16(24-29-11)19-22-21-18-14-6-4-5-7-15(14)20(23-26(18)19)28-10-13-9-25(3)27-12(2)17(13)27/h4-9,17H,10H2,1-3H3/q+1. The van der Waals surface area contributed by atoms with E-state index in [0.29, 0.717) is 41.5 Å². The smallest absolute Gasteiger partial charge is 0.288 e. The van der Waals surface area contributed by atoms with Crippen LogP contribution in [0.5, 0.6) is 5.88 Å². The highest BCUT2D eigenvalue weighted by molar-refractivity contribution is 5.97. The van der Waals surface area contributed by atoms with Crippen LogP contribution in [0, 0.1) is 6.92 Å². The fraction of sp³-hybridized carbons (Fsp3) is 0.250. The lowest BCUT2D eigenvalue weighted by Gasteiger charge is -2.09. The lowest BCUT2D eigenvalue weighted by Crippen LogP contribution is -2.12. The first-order chi connectivity index (χ1) is 14.1. The number of nitrogens with zero attached hydrogens (tertiary/aromatic N) is 7. The third kappa shape index (κ3) is 2.30. The van der Waals surface area contributed by atoms with Gasteiger partial charge in [-0.1, -0.05) is 28.0 Å². The Balaban J connectivity index is 1.44. The molecule has 1 aromatic carbocycles. The average Bonchev–Trinajstić information content (AvgIpc) is 3.08. The molecule has 2 aliphatic rings. The van der Waals surface area contributed by atoms with Gasteiger partial charge in [-0.3, -0.25) is 0 Å². The average molecular weight is 388 g/mol. The molecular weight excluding hydrogens is 370 g/mol. The lowest BCUT2D eigenvalue weighted by atomic mass is 10.1. The molecule has 0 radical (unpaired) electrons. The van der Waals surface area contributed by atoms with Gasteiger partial charge in [0.05, 0.1) is 18.8 Å². The molecule has 144 valence electrons. The number of aromatic nitrogens is 5. The number of aryl methyl sites for hydroxylation is 1. The molecule has 0 aliphatic carbocycles. The predicted molar refractivity (Wildman–Crippen MR) is 105 cm³/mol. The summed E-state index contributed by atoms with van der Waals surface area (Å²) < 4.78 is 15.3. The van der Waals surface area contributed by atoms with Crippen molar-refractivity contribution < 1.29 is 13.9 Å². The predicted octanol–water partition coefficient (Wildman–Crippen LogP) is 2.22. The number of hydrogen-bond acceptors (Lipinski definition) is 7. The second-order valence-electron chi connectivity index (χ2n) is 7.39. The van der Waals surface area contributed by atoms with Crippen molar-refractivity contribution in [3.05, 3.63) is 47.9 Å². The zero-order valence-corrected chi connectivity index (χ0v) is 16.2. The van der Waals surface area contributed by atoms with Gasteiger partial charge in [-0.15, -0.1) is 15.3 Å². The molecule has 6 rings (SSSR count). The minimum atomic E-state index is 0.346. The number of fused-ring (bicyclic) bond motifs is 4. The molecule has 0 spiro atoms. The molecule has 2 aliphatic heterocycles. The van der Waals surface area contributed by atoms with E-state index in [-0.39, 0.29) is 0 Å². The summed E-state index contributed by atoms with van der Waals surface area (Å²) in [4.78, 5) is 0. The molecule has 9 heteroatoms. The summed E-state index contributed by atoms with van der Waals surface area (Å²) in [7, 11) is 2.04. The Morgan fingerprint density at radius 3 is 2.72 bits per heavy atom. The van der Waals surface area contributed by atoms with Crippen LogP contribution in [0.4, 0.5) is 0 Å². The highest BCUT2D eigenvalue weighted by Crippen LogP contribution is 2.32. The SMILES string of the molecule is CC1=[N+]2C1C(COc1nn3c(-c4cc(C)on4)nnc3c3ccccc13)=CN2C. The van der Waals surface area contributed by atoms with Crippen molar-refractivity contribution >= 4 is 22.1 Å². The van der Waals surface area contributed by atoms with Crippen molar-refractivity contribution in [2.75, 3.05) is 13.7 Å². The van der Waals surface area contributed by atoms with Crippen LogP contribution < -0.4 is 4.74 Å². The Hall–Kier alpha value is -3.75. The molecule has 0 saturated carbocycles. The Kier molecular flexibility index (Phi) is 3.15. The van der Waals surface area contributed by atoms with Crippen LogP contribution in [0.3, 0.4) is 0 Å². The largest absolute Gasteiger partial charge is 0.471 e. The molecule has 1 unspecified atom stereocenters. The maximum Gasteiger partial charge on any atom is 0.288 e. The summed E-state index contributed by atoms with van der Waals surface area (Å²) in [5.41, 5.74) is 3.79. The summed E-state index contributed by atoms with van der Waals surface area (Å²) in [6.45, 7) is 4.44. The van der Waals surface area contributed by atoms with E-state index in [4.69, 9.17) is 14.4 Å². The first-order valence-corrected chi connectivity index (χ1v) is 9.38. The second-order valence-corrected chi connectivity index (χ2v) is 7.39. The van der Waals surface area contributed by atoms with Gasteiger partial charge < -0.3 is 9.26 Å². The van der Waals surface area contributed by atoms with Gasteiger partial charge in [-0.05, 0) is 13.0 Å². The maximum atomic E-state index is 6.20. The van der Waals surface area contributed by atoms with E-state index in [1.54, 1.807) is 4.52 Å². The molecule has 29 heavy (non-hydrogen) atoms. The molecule has 4 aromatic rings. The van der Waals surface area contributed by atoms with Crippen molar-refractivity contribution in [3.8, 4) is 17.4 Å². The fourth-order valence-electron chi connectivity index (χ4n) is 4.07. The van der Waals surface area contributed by atoms with E-state index in [1.165, 1.54) is 11.3 Å². The fourth-order valence-corrected chi connectivity index (χ4v) is 4.07. The molecular formula is C20H18N7O2+. The van der Waals surface area contributed by atoms with Crippen LogP contribution in [-0.2, 0) is 0 Å². The number of ether oxygens (including phenoxy) is 1. The van der Waals surface area contributed by atoms with Crippen molar-refractivity contribution in [2.45, 2.75) is 19.9 Å². The third-order valence-corrected chi connectivity index (χ3v) is 5.44. The normalized spacial score (nSPS) is 18.0.